The molecular weight excluding hydrogens is 178 g/mol. The Bertz CT molecular complexity index is 349. The number of fused-ring (bicyclic) bond motifs is 1. The van der Waals surface area contributed by atoms with Crippen LogP contribution in [0.15, 0.2) is 24.3 Å². The molecule has 1 aliphatic heterocycles. The van der Waals surface area contributed by atoms with Gasteiger partial charge < -0.3 is 0 Å². The van der Waals surface area contributed by atoms with Crippen LogP contribution in [0.5, 0.6) is 0 Å². The summed E-state index contributed by atoms with van der Waals surface area (Å²) in [5, 5.41) is 1.42. The van der Waals surface area contributed by atoms with Crippen LogP contribution in [0.1, 0.15) is 18.9 Å². The van der Waals surface area contributed by atoms with Crippen LogP contribution in [-0.4, -0.2) is 12.5 Å². The van der Waals surface area contributed by atoms with Gasteiger partial charge in [-0.1, -0.05) is 25.1 Å². The monoisotopic (exact) mass is 191 g/mol. The molecule has 74 valence electrons. The molecule has 0 aliphatic carbocycles. The zero-order chi connectivity index (χ0) is 9.97. The fourth-order valence-corrected chi connectivity index (χ4v) is 1.59. The van der Waals surface area contributed by atoms with E-state index in [9.17, 15) is 4.79 Å². The molecule has 0 N–H and O–H groups in total. The van der Waals surface area contributed by atoms with E-state index in [2.05, 4.69) is 0 Å². The number of carbonyl (C=O) groups excluding carboxylic acids is 1. The lowest BCUT2D eigenvalue weighted by Crippen LogP contribution is -2.35. The minimum absolute atomic E-state index is 0.0113. The molecule has 0 radical (unpaired) electrons. The van der Waals surface area contributed by atoms with E-state index in [0.29, 0.717) is 13.0 Å². The summed E-state index contributed by atoms with van der Waals surface area (Å²) in [7, 11) is 0. The van der Waals surface area contributed by atoms with Crippen molar-refractivity contribution in [3.05, 3.63) is 29.8 Å². The Hall–Kier alpha value is -1.35. The summed E-state index contributed by atoms with van der Waals surface area (Å²) in [6.07, 6.45) is 1.35. The third-order valence-electron chi connectivity index (χ3n) is 2.33. The van der Waals surface area contributed by atoms with Crippen molar-refractivity contribution in [2.75, 3.05) is 11.7 Å². The number of carbonyl (C=O) groups is 1. The number of benzene rings is 1. The van der Waals surface area contributed by atoms with Gasteiger partial charge in [-0.25, -0.2) is 0 Å². The van der Waals surface area contributed by atoms with Gasteiger partial charge in [0.15, 0.2) is 0 Å². The fraction of sp³-hybridized carbons (Fsp3) is 0.364. The Morgan fingerprint density at radius 2 is 2.29 bits per heavy atom. The van der Waals surface area contributed by atoms with Gasteiger partial charge >= 0.3 is 0 Å². The Morgan fingerprint density at radius 3 is 3.07 bits per heavy atom. The second-order valence-corrected chi connectivity index (χ2v) is 3.25. The molecule has 1 amide bonds. The van der Waals surface area contributed by atoms with Gasteiger partial charge in [0.1, 0.15) is 0 Å². The summed E-state index contributed by atoms with van der Waals surface area (Å²) in [4.78, 5) is 16.9. The fourth-order valence-electron chi connectivity index (χ4n) is 1.59. The predicted octanol–water partition coefficient (Wildman–Crippen LogP) is 1.92. The van der Waals surface area contributed by atoms with E-state index < -0.39 is 0 Å². The van der Waals surface area contributed by atoms with E-state index >= 15 is 0 Å². The molecule has 1 aromatic rings. The number of nitrogens with zero attached hydrogens (tertiary/aromatic N) is 1. The van der Waals surface area contributed by atoms with Gasteiger partial charge in [-0.3, -0.25) is 9.63 Å². The van der Waals surface area contributed by atoms with Gasteiger partial charge in [-0.15, -0.1) is 0 Å². The average molecular weight is 191 g/mol. The summed E-state index contributed by atoms with van der Waals surface area (Å²) in [6.45, 7) is 2.42. The predicted molar refractivity (Wildman–Crippen MR) is 53.9 cm³/mol. The lowest BCUT2D eigenvalue weighted by Gasteiger charge is -2.27. The second kappa shape index (κ2) is 3.80. The van der Waals surface area contributed by atoms with Gasteiger partial charge in [0.2, 0.25) is 0 Å². The SMILES string of the molecule is CCC(=O)N1OCCc2ccccc21. The van der Waals surface area contributed by atoms with Gasteiger partial charge in [0.05, 0.1) is 12.3 Å². The van der Waals surface area contributed by atoms with E-state index in [1.165, 1.54) is 10.6 Å². The Labute approximate surface area is 83.2 Å². The van der Waals surface area contributed by atoms with E-state index in [-0.39, 0.29) is 5.91 Å². The van der Waals surface area contributed by atoms with Gasteiger partial charge in [0.25, 0.3) is 5.91 Å². The number of para-hydroxylation sites is 1. The van der Waals surface area contributed by atoms with Crippen LogP contribution >= 0.6 is 0 Å². The molecule has 1 heterocycles. The maximum Gasteiger partial charge on any atom is 0.250 e. The van der Waals surface area contributed by atoms with Crippen molar-refractivity contribution in [3.63, 3.8) is 0 Å². The van der Waals surface area contributed by atoms with Crippen molar-refractivity contribution in [2.45, 2.75) is 19.8 Å². The molecule has 1 aromatic carbocycles. The van der Waals surface area contributed by atoms with E-state index in [1.807, 2.05) is 31.2 Å². The van der Waals surface area contributed by atoms with Crippen molar-refractivity contribution in [1.29, 1.82) is 0 Å². The maximum absolute atomic E-state index is 11.5. The Balaban J connectivity index is 2.35. The number of anilines is 1. The number of hydroxylamine groups is 1. The highest BCUT2D eigenvalue weighted by Gasteiger charge is 2.21. The summed E-state index contributed by atoms with van der Waals surface area (Å²) in [5.41, 5.74) is 2.08. The molecule has 0 spiro atoms. The van der Waals surface area contributed by atoms with Crippen LogP contribution in [0.3, 0.4) is 0 Å². The van der Waals surface area contributed by atoms with Crippen LogP contribution in [-0.2, 0) is 16.1 Å². The third-order valence-corrected chi connectivity index (χ3v) is 2.33. The molecular formula is C11H13NO2. The zero-order valence-electron chi connectivity index (χ0n) is 8.19. The van der Waals surface area contributed by atoms with Gasteiger partial charge in [-0.2, -0.15) is 5.06 Å². The molecule has 0 unspecified atom stereocenters. The van der Waals surface area contributed by atoms with E-state index in [4.69, 9.17) is 4.84 Å². The summed E-state index contributed by atoms with van der Waals surface area (Å²) >= 11 is 0. The first-order chi connectivity index (χ1) is 6.83. The molecule has 2 rings (SSSR count). The largest absolute Gasteiger partial charge is 0.272 e. The van der Waals surface area contributed by atoms with E-state index in [0.717, 1.165) is 12.1 Å². The molecule has 14 heavy (non-hydrogen) atoms. The quantitative estimate of drug-likeness (QED) is 0.678. The van der Waals surface area contributed by atoms with Crippen molar-refractivity contribution in [3.8, 4) is 0 Å². The molecule has 0 atom stereocenters. The van der Waals surface area contributed by atoms with Gasteiger partial charge in [0, 0.05) is 12.8 Å². The average Bonchev–Trinajstić information content (AvgIpc) is 2.27. The normalized spacial score (nSPS) is 15.1. The molecule has 0 aromatic heterocycles. The maximum atomic E-state index is 11.5. The molecule has 3 nitrogen and oxygen atoms in total. The molecule has 0 saturated heterocycles. The number of amides is 1. The first-order valence-corrected chi connectivity index (χ1v) is 4.86. The minimum Gasteiger partial charge on any atom is -0.272 e. The van der Waals surface area contributed by atoms with Crippen LogP contribution in [0.2, 0.25) is 0 Å². The highest BCUT2D eigenvalue weighted by Crippen LogP contribution is 2.25. The smallest absolute Gasteiger partial charge is 0.250 e. The lowest BCUT2D eigenvalue weighted by atomic mass is 10.1. The van der Waals surface area contributed by atoms with Gasteiger partial charge in [-0.05, 0) is 11.6 Å². The van der Waals surface area contributed by atoms with Crippen molar-refractivity contribution in [2.24, 2.45) is 0 Å². The second-order valence-electron chi connectivity index (χ2n) is 3.25. The highest BCUT2D eigenvalue weighted by atomic mass is 16.7. The molecule has 3 heteroatoms. The van der Waals surface area contributed by atoms with Crippen molar-refractivity contribution < 1.29 is 9.63 Å². The van der Waals surface area contributed by atoms with E-state index in [1.54, 1.807) is 0 Å². The number of rotatable bonds is 1. The van der Waals surface area contributed by atoms with Crippen molar-refractivity contribution in [1.82, 2.24) is 0 Å². The van der Waals surface area contributed by atoms with Crippen LogP contribution < -0.4 is 5.06 Å². The number of hydrogen-bond donors (Lipinski definition) is 0. The third kappa shape index (κ3) is 1.51. The number of hydrogen-bond acceptors (Lipinski definition) is 2. The minimum atomic E-state index is 0.0113. The molecule has 0 saturated carbocycles. The van der Waals surface area contributed by atoms with Crippen LogP contribution in [0.4, 0.5) is 5.69 Å². The summed E-state index contributed by atoms with van der Waals surface area (Å²) < 4.78 is 0. The molecule has 0 bridgehead atoms. The Morgan fingerprint density at radius 1 is 1.50 bits per heavy atom. The Kier molecular flexibility index (Phi) is 2.50. The highest BCUT2D eigenvalue weighted by molar-refractivity contribution is 5.92. The first-order valence-electron chi connectivity index (χ1n) is 4.86. The summed E-state index contributed by atoms with van der Waals surface area (Å²) in [6, 6.07) is 7.86. The van der Waals surface area contributed by atoms with Crippen molar-refractivity contribution >= 4 is 11.6 Å². The van der Waals surface area contributed by atoms with Crippen LogP contribution in [0, 0.1) is 0 Å². The molecule has 1 aliphatic rings. The lowest BCUT2D eigenvalue weighted by molar-refractivity contribution is -0.126. The topological polar surface area (TPSA) is 29.5 Å². The first kappa shape index (κ1) is 9.21. The van der Waals surface area contributed by atoms with Crippen LogP contribution in [0.25, 0.3) is 0 Å². The zero-order valence-corrected chi connectivity index (χ0v) is 8.19. The standard InChI is InChI=1S/C11H13NO2/c1-2-11(13)12-10-6-4-3-5-9(10)7-8-14-12/h3-6H,2,7-8H2,1H3. The molecule has 0 fully saturated rings. The summed E-state index contributed by atoms with van der Waals surface area (Å²) in [5.74, 6) is 0.0113.